The van der Waals surface area contributed by atoms with E-state index >= 15 is 0 Å². The van der Waals surface area contributed by atoms with Gasteiger partial charge in [-0.1, -0.05) is 105 Å². The zero-order chi connectivity index (χ0) is 25.2. The number of likely N-dealkylation sites (tertiary alicyclic amines) is 1. The first-order valence-electron chi connectivity index (χ1n) is 13.8. The van der Waals surface area contributed by atoms with E-state index in [1.165, 1.54) is 80.3 Å². The van der Waals surface area contributed by atoms with E-state index in [1.54, 1.807) is 0 Å². The summed E-state index contributed by atoms with van der Waals surface area (Å²) < 4.78 is 0. The number of aryl methyl sites for hydroxylation is 2. The maximum absolute atomic E-state index is 10.0. The quantitative estimate of drug-likeness (QED) is 0.216. The summed E-state index contributed by atoms with van der Waals surface area (Å²) in [6.07, 6.45) is 14.7. The van der Waals surface area contributed by atoms with Gasteiger partial charge < -0.3 is 0 Å². The Kier molecular flexibility index (Phi) is 9.54. The van der Waals surface area contributed by atoms with E-state index in [9.17, 15) is 5.26 Å². The summed E-state index contributed by atoms with van der Waals surface area (Å²) in [6.45, 7) is 8.03. The van der Waals surface area contributed by atoms with Crippen LogP contribution in [0.5, 0.6) is 0 Å². The van der Waals surface area contributed by atoms with E-state index < -0.39 is 0 Å². The van der Waals surface area contributed by atoms with Crippen LogP contribution in [0.15, 0.2) is 60.7 Å². The van der Waals surface area contributed by atoms with Gasteiger partial charge in [-0.15, -0.1) is 0 Å². The monoisotopic (exact) mass is 476 g/mol. The number of unbranched alkanes of at least 4 members (excludes halogenated alkanes) is 3. The van der Waals surface area contributed by atoms with E-state index in [0.717, 1.165) is 35.2 Å². The minimum atomic E-state index is 0.735. The highest BCUT2D eigenvalue weighted by atomic mass is 15.1. The van der Waals surface area contributed by atoms with Gasteiger partial charge in [0.05, 0.1) is 5.56 Å². The van der Waals surface area contributed by atoms with E-state index in [4.69, 9.17) is 0 Å². The Morgan fingerprint density at radius 1 is 0.833 bits per heavy atom. The molecule has 2 heteroatoms. The third-order valence-corrected chi connectivity index (χ3v) is 7.47. The van der Waals surface area contributed by atoms with Crippen LogP contribution < -0.4 is 0 Å². The van der Waals surface area contributed by atoms with Crippen LogP contribution in [0.4, 0.5) is 0 Å². The van der Waals surface area contributed by atoms with Crippen LogP contribution in [0.25, 0.3) is 23.3 Å². The Balaban J connectivity index is 1.62. The lowest BCUT2D eigenvalue weighted by molar-refractivity contribution is 0.220. The largest absolute Gasteiger partial charge is 0.299 e. The van der Waals surface area contributed by atoms with Crippen LogP contribution in [0.2, 0.25) is 0 Å². The van der Waals surface area contributed by atoms with Gasteiger partial charge in [-0.2, -0.15) is 5.26 Å². The average Bonchev–Trinajstić information content (AvgIpc) is 2.92. The smallest absolute Gasteiger partial charge is 0.100 e. The Hall–Kier alpha value is -3.15. The van der Waals surface area contributed by atoms with Gasteiger partial charge in [0.15, 0.2) is 0 Å². The van der Waals surface area contributed by atoms with Gasteiger partial charge in [-0.3, -0.25) is 4.90 Å². The normalized spacial score (nSPS) is 14.2. The molecule has 2 nitrogen and oxygen atoms in total. The molecule has 1 aliphatic rings. The van der Waals surface area contributed by atoms with Gasteiger partial charge in [0.2, 0.25) is 0 Å². The summed E-state index contributed by atoms with van der Waals surface area (Å²) in [5, 5.41) is 10.0. The second kappa shape index (κ2) is 13.2. The number of hydrogen-bond donors (Lipinski definition) is 0. The molecule has 0 spiro atoms. The molecular formula is C34H40N2. The van der Waals surface area contributed by atoms with Crippen molar-refractivity contribution in [1.82, 2.24) is 4.90 Å². The van der Waals surface area contributed by atoms with Crippen molar-refractivity contribution in [1.29, 1.82) is 5.26 Å². The second-order valence-corrected chi connectivity index (χ2v) is 10.2. The molecule has 1 aliphatic heterocycles. The fourth-order valence-corrected chi connectivity index (χ4v) is 5.36. The highest BCUT2D eigenvalue weighted by molar-refractivity contribution is 5.80. The molecule has 3 aromatic rings. The van der Waals surface area contributed by atoms with Crippen LogP contribution in [-0.2, 0) is 13.0 Å². The Morgan fingerprint density at radius 3 is 2.36 bits per heavy atom. The molecule has 0 aromatic heterocycles. The van der Waals surface area contributed by atoms with Crippen molar-refractivity contribution in [3.05, 3.63) is 94.0 Å². The van der Waals surface area contributed by atoms with Crippen molar-refractivity contribution in [3.8, 4) is 17.2 Å². The average molecular weight is 477 g/mol. The fraction of sp³-hybridized carbons (Fsp3) is 0.382. The lowest BCUT2D eigenvalue weighted by atomic mass is 9.93. The van der Waals surface area contributed by atoms with E-state index in [-0.39, 0.29) is 0 Å². The topological polar surface area (TPSA) is 27.0 Å². The van der Waals surface area contributed by atoms with E-state index in [0.29, 0.717) is 0 Å². The Bertz CT molecular complexity index is 1190. The minimum absolute atomic E-state index is 0.735. The maximum atomic E-state index is 10.0. The van der Waals surface area contributed by atoms with Crippen LogP contribution in [-0.4, -0.2) is 18.0 Å². The van der Waals surface area contributed by atoms with Gasteiger partial charge in [0, 0.05) is 12.1 Å². The SMILES string of the molecule is CCCCCCc1cc(/C=C/c2cccc(-c3ccccc3)c2C#N)c(C)cc1CN1CCCCC1. The molecule has 4 rings (SSSR count). The van der Waals surface area contributed by atoms with Crippen LogP contribution in [0.1, 0.15) is 85.3 Å². The summed E-state index contributed by atoms with van der Waals surface area (Å²) in [7, 11) is 0. The number of benzene rings is 3. The van der Waals surface area contributed by atoms with E-state index in [2.05, 4.69) is 67.3 Å². The zero-order valence-corrected chi connectivity index (χ0v) is 22.1. The van der Waals surface area contributed by atoms with Crippen LogP contribution in [0.3, 0.4) is 0 Å². The molecule has 186 valence electrons. The van der Waals surface area contributed by atoms with E-state index in [1.807, 2.05) is 30.3 Å². The molecule has 1 saturated heterocycles. The maximum Gasteiger partial charge on any atom is 0.100 e. The molecule has 0 aliphatic carbocycles. The van der Waals surface area contributed by atoms with Gasteiger partial charge in [-0.25, -0.2) is 0 Å². The zero-order valence-electron chi connectivity index (χ0n) is 22.1. The number of piperidine rings is 1. The predicted octanol–water partition coefficient (Wildman–Crippen LogP) is 8.81. The molecule has 1 fully saturated rings. The first-order chi connectivity index (χ1) is 17.7. The Labute approximate surface area is 218 Å². The number of nitrogens with zero attached hydrogens (tertiary/aromatic N) is 2. The standard InChI is InChI=1S/C34H40N2/c1-3-4-5-8-16-31-24-30(27(2)23-32(31)26-36-21-11-7-12-22-36)20-19-29-17-13-18-33(34(29)25-35)28-14-9-6-10-15-28/h6,9-10,13-15,17-20,23-24H,3-5,7-8,11-12,16,21-22,26H2,1-2H3/b20-19+. The highest BCUT2D eigenvalue weighted by Gasteiger charge is 2.14. The molecular weight excluding hydrogens is 436 g/mol. The van der Waals surface area contributed by atoms with Crippen molar-refractivity contribution >= 4 is 12.2 Å². The molecule has 3 aromatic carbocycles. The Morgan fingerprint density at radius 2 is 1.61 bits per heavy atom. The summed E-state index contributed by atoms with van der Waals surface area (Å²) in [4.78, 5) is 2.64. The molecule has 0 radical (unpaired) electrons. The third-order valence-electron chi connectivity index (χ3n) is 7.47. The van der Waals surface area contributed by atoms with Gasteiger partial charge >= 0.3 is 0 Å². The van der Waals surface area contributed by atoms with Crippen molar-refractivity contribution in [2.75, 3.05) is 13.1 Å². The van der Waals surface area contributed by atoms with Crippen LogP contribution in [0, 0.1) is 18.3 Å². The van der Waals surface area contributed by atoms with Crippen LogP contribution >= 0.6 is 0 Å². The van der Waals surface area contributed by atoms with Crippen molar-refractivity contribution in [3.63, 3.8) is 0 Å². The van der Waals surface area contributed by atoms with Crippen molar-refractivity contribution in [2.24, 2.45) is 0 Å². The summed E-state index contributed by atoms with van der Waals surface area (Å²) in [6, 6.07) is 23.6. The van der Waals surface area contributed by atoms with Crippen molar-refractivity contribution < 1.29 is 0 Å². The molecule has 36 heavy (non-hydrogen) atoms. The molecule has 0 N–H and O–H groups in total. The lowest BCUT2D eigenvalue weighted by Gasteiger charge is -2.28. The fourth-order valence-electron chi connectivity index (χ4n) is 5.36. The summed E-state index contributed by atoms with van der Waals surface area (Å²) in [5.41, 5.74) is 9.36. The lowest BCUT2D eigenvalue weighted by Crippen LogP contribution is -2.29. The summed E-state index contributed by atoms with van der Waals surface area (Å²) in [5.74, 6) is 0. The first kappa shape index (κ1) is 25.9. The molecule has 0 saturated carbocycles. The molecule has 0 unspecified atom stereocenters. The van der Waals surface area contributed by atoms with Gasteiger partial charge in [0.1, 0.15) is 6.07 Å². The number of hydrogen-bond acceptors (Lipinski definition) is 2. The predicted molar refractivity (Wildman–Crippen MR) is 154 cm³/mol. The molecule has 0 atom stereocenters. The third kappa shape index (κ3) is 6.74. The highest BCUT2D eigenvalue weighted by Crippen LogP contribution is 2.28. The van der Waals surface area contributed by atoms with Gasteiger partial charge in [-0.05, 0) is 79.1 Å². The molecule has 0 amide bonds. The number of rotatable bonds is 10. The van der Waals surface area contributed by atoms with Crippen molar-refractivity contribution in [2.45, 2.75) is 71.8 Å². The van der Waals surface area contributed by atoms with Gasteiger partial charge in [0.25, 0.3) is 0 Å². The molecule has 0 bridgehead atoms. The summed E-state index contributed by atoms with van der Waals surface area (Å²) >= 11 is 0. The number of nitriles is 1. The second-order valence-electron chi connectivity index (χ2n) is 10.2. The minimum Gasteiger partial charge on any atom is -0.299 e. The molecule has 1 heterocycles. The first-order valence-corrected chi connectivity index (χ1v) is 13.8.